The van der Waals surface area contributed by atoms with Crippen LogP contribution in [-0.4, -0.2) is 81.1 Å². The fraction of sp³-hybridized carbons (Fsp3) is 0.650. The van der Waals surface area contributed by atoms with Crippen molar-refractivity contribution in [2.75, 3.05) is 52.2 Å². The molecule has 1 aromatic carbocycles. The molecule has 2 saturated heterocycles. The van der Waals surface area contributed by atoms with Gasteiger partial charge in [0.15, 0.2) is 15.8 Å². The van der Waals surface area contributed by atoms with Gasteiger partial charge in [0.2, 0.25) is 0 Å². The molecule has 0 radical (unpaired) electrons. The first kappa shape index (κ1) is 24.4. The molecule has 0 aliphatic carbocycles. The predicted octanol–water partition coefficient (Wildman–Crippen LogP) is 1.72. The number of ether oxygens (including phenoxy) is 1. The van der Waals surface area contributed by atoms with E-state index in [4.69, 9.17) is 4.74 Å². The Hall–Kier alpha value is -0.910. The molecule has 2 aliphatic rings. The zero-order valence-electron chi connectivity index (χ0n) is 17.6. The Bertz CT molecular complexity index is 808. The van der Waals surface area contributed by atoms with E-state index < -0.39 is 14.6 Å². The van der Waals surface area contributed by atoms with Crippen LogP contribution >= 0.6 is 24.0 Å². The number of benzene rings is 1. The summed E-state index contributed by atoms with van der Waals surface area (Å²) in [4.78, 5) is 8.82. The summed E-state index contributed by atoms with van der Waals surface area (Å²) in [5.41, 5.74) is 2.48. The van der Waals surface area contributed by atoms with E-state index >= 15 is 0 Å². The maximum Gasteiger partial charge on any atom is 0.193 e. The van der Waals surface area contributed by atoms with Gasteiger partial charge in [0.1, 0.15) is 0 Å². The van der Waals surface area contributed by atoms with Gasteiger partial charge in [-0.1, -0.05) is 24.3 Å². The van der Waals surface area contributed by atoms with Gasteiger partial charge in [-0.3, -0.25) is 9.89 Å². The zero-order chi connectivity index (χ0) is 20.2. The number of aliphatic imine (C=N–C) groups is 1. The van der Waals surface area contributed by atoms with Crippen LogP contribution in [0, 0.1) is 0 Å². The second-order valence-electron chi connectivity index (χ2n) is 8.11. The van der Waals surface area contributed by atoms with E-state index in [2.05, 4.69) is 39.5 Å². The highest BCUT2D eigenvalue weighted by atomic mass is 127. The van der Waals surface area contributed by atoms with Gasteiger partial charge in [-0.25, -0.2) is 8.42 Å². The van der Waals surface area contributed by atoms with Gasteiger partial charge >= 0.3 is 0 Å². The number of rotatable bonds is 4. The molecule has 9 heteroatoms. The lowest BCUT2D eigenvalue weighted by molar-refractivity contribution is 0.0342. The molecule has 29 heavy (non-hydrogen) atoms. The van der Waals surface area contributed by atoms with E-state index in [1.165, 1.54) is 11.1 Å². The van der Waals surface area contributed by atoms with Crippen molar-refractivity contribution in [2.45, 2.75) is 31.7 Å². The standard InChI is InChI=1S/C20H32N4O3S.HI/c1-20(2)16-24(9-12-28(20,25)26)19(21-3)22-14-17-5-4-6-18(13-17)15-23-7-10-27-11-8-23;/h4-6,13H,7-12,14-16H2,1-3H3,(H,21,22);1H. The summed E-state index contributed by atoms with van der Waals surface area (Å²) < 4.78 is 29.1. The molecule has 0 saturated carbocycles. The third-order valence-electron chi connectivity index (χ3n) is 5.51. The van der Waals surface area contributed by atoms with Crippen molar-refractivity contribution >= 4 is 39.8 Å². The lowest BCUT2D eigenvalue weighted by Gasteiger charge is -2.39. The zero-order valence-corrected chi connectivity index (χ0v) is 20.7. The molecule has 0 aromatic heterocycles. The average Bonchev–Trinajstić information content (AvgIpc) is 2.66. The number of nitrogens with one attached hydrogen (secondary N) is 1. The SMILES string of the molecule is CN=C(NCc1cccc(CN2CCOCC2)c1)N1CCS(=O)(=O)C(C)(C)C1.I. The maximum atomic E-state index is 12.2. The van der Waals surface area contributed by atoms with Gasteiger partial charge in [-0.05, 0) is 25.0 Å². The molecule has 0 bridgehead atoms. The van der Waals surface area contributed by atoms with Crippen molar-refractivity contribution in [3.8, 4) is 0 Å². The van der Waals surface area contributed by atoms with E-state index in [0.717, 1.165) is 38.8 Å². The van der Waals surface area contributed by atoms with Crippen LogP contribution in [0.1, 0.15) is 25.0 Å². The Balaban J connectivity index is 0.00000300. The van der Waals surface area contributed by atoms with Gasteiger partial charge in [0.25, 0.3) is 0 Å². The Morgan fingerprint density at radius 1 is 1.21 bits per heavy atom. The number of sulfone groups is 1. The molecule has 1 aromatic rings. The Morgan fingerprint density at radius 2 is 1.90 bits per heavy atom. The highest BCUT2D eigenvalue weighted by Gasteiger charge is 2.40. The van der Waals surface area contributed by atoms with Gasteiger partial charge in [-0.2, -0.15) is 0 Å². The smallest absolute Gasteiger partial charge is 0.193 e. The monoisotopic (exact) mass is 536 g/mol. The summed E-state index contributed by atoms with van der Waals surface area (Å²) in [7, 11) is -1.32. The molecule has 2 heterocycles. The quantitative estimate of drug-likeness (QED) is 0.359. The summed E-state index contributed by atoms with van der Waals surface area (Å²) in [6.45, 7) is 9.66. The third kappa shape index (κ3) is 6.28. The van der Waals surface area contributed by atoms with E-state index in [-0.39, 0.29) is 29.7 Å². The highest BCUT2D eigenvalue weighted by molar-refractivity contribution is 14.0. The summed E-state index contributed by atoms with van der Waals surface area (Å²) in [5, 5.41) is 3.40. The van der Waals surface area contributed by atoms with Crippen molar-refractivity contribution in [3.05, 3.63) is 35.4 Å². The van der Waals surface area contributed by atoms with Crippen LogP contribution in [0.15, 0.2) is 29.3 Å². The Kier molecular flexibility index (Phi) is 8.74. The minimum absolute atomic E-state index is 0. The number of hydrogen-bond acceptors (Lipinski definition) is 5. The summed E-state index contributed by atoms with van der Waals surface area (Å²) in [6, 6.07) is 8.58. The second-order valence-corrected chi connectivity index (χ2v) is 10.9. The summed E-state index contributed by atoms with van der Waals surface area (Å²) >= 11 is 0. The van der Waals surface area contributed by atoms with Crippen LogP contribution < -0.4 is 5.32 Å². The molecule has 3 rings (SSSR count). The largest absolute Gasteiger partial charge is 0.379 e. The lowest BCUT2D eigenvalue weighted by Crippen LogP contribution is -2.57. The number of nitrogens with zero attached hydrogens (tertiary/aromatic N) is 3. The fourth-order valence-corrected chi connectivity index (χ4v) is 5.06. The summed E-state index contributed by atoms with van der Waals surface area (Å²) in [6.07, 6.45) is 0. The Morgan fingerprint density at radius 3 is 2.55 bits per heavy atom. The molecular weight excluding hydrogens is 503 g/mol. The first-order valence-electron chi connectivity index (χ1n) is 9.86. The second kappa shape index (κ2) is 10.4. The molecule has 2 aliphatic heterocycles. The molecular formula is C20H33IN4O3S. The molecule has 0 atom stereocenters. The van der Waals surface area contributed by atoms with Crippen LogP contribution in [0.5, 0.6) is 0 Å². The van der Waals surface area contributed by atoms with Crippen molar-refractivity contribution in [1.29, 1.82) is 0 Å². The number of halogens is 1. The van der Waals surface area contributed by atoms with E-state index in [1.807, 2.05) is 4.90 Å². The average molecular weight is 536 g/mol. The van der Waals surface area contributed by atoms with Crippen LogP contribution in [0.2, 0.25) is 0 Å². The lowest BCUT2D eigenvalue weighted by atomic mass is 10.1. The highest BCUT2D eigenvalue weighted by Crippen LogP contribution is 2.23. The third-order valence-corrected chi connectivity index (χ3v) is 8.04. The Labute approximate surface area is 191 Å². The van der Waals surface area contributed by atoms with Crippen molar-refractivity contribution < 1.29 is 13.2 Å². The van der Waals surface area contributed by atoms with Crippen LogP contribution in [0.25, 0.3) is 0 Å². The van der Waals surface area contributed by atoms with E-state index in [9.17, 15) is 8.42 Å². The minimum atomic E-state index is -3.06. The molecule has 1 N–H and O–H groups in total. The fourth-order valence-electron chi connectivity index (χ4n) is 3.69. The minimum Gasteiger partial charge on any atom is -0.379 e. The van der Waals surface area contributed by atoms with E-state index in [0.29, 0.717) is 19.6 Å². The van der Waals surface area contributed by atoms with Gasteiger partial charge in [0.05, 0.1) is 23.7 Å². The predicted molar refractivity (Wildman–Crippen MR) is 128 cm³/mol. The molecule has 7 nitrogen and oxygen atoms in total. The maximum absolute atomic E-state index is 12.2. The molecule has 0 amide bonds. The number of hydrogen-bond donors (Lipinski definition) is 1. The number of guanidine groups is 1. The number of morpholine rings is 1. The van der Waals surface area contributed by atoms with Gasteiger partial charge in [-0.15, -0.1) is 24.0 Å². The topological polar surface area (TPSA) is 74.2 Å². The first-order valence-corrected chi connectivity index (χ1v) is 11.5. The van der Waals surface area contributed by atoms with Crippen LogP contribution in [0.3, 0.4) is 0 Å². The van der Waals surface area contributed by atoms with E-state index in [1.54, 1.807) is 20.9 Å². The van der Waals surface area contributed by atoms with Crippen molar-refractivity contribution in [3.63, 3.8) is 0 Å². The van der Waals surface area contributed by atoms with Crippen molar-refractivity contribution in [1.82, 2.24) is 15.1 Å². The van der Waals surface area contributed by atoms with Gasteiger partial charge < -0.3 is 15.0 Å². The molecule has 2 fully saturated rings. The normalized spacial score (nSPS) is 22.0. The van der Waals surface area contributed by atoms with Gasteiger partial charge in [0, 0.05) is 46.3 Å². The first-order chi connectivity index (χ1) is 13.3. The van der Waals surface area contributed by atoms with Crippen molar-refractivity contribution in [2.24, 2.45) is 4.99 Å². The molecule has 0 unspecified atom stereocenters. The molecule has 164 valence electrons. The van der Waals surface area contributed by atoms with Crippen LogP contribution in [-0.2, 0) is 27.7 Å². The molecule has 0 spiro atoms. The summed E-state index contributed by atoms with van der Waals surface area (Å²) in [5.74, 6) is 0.914. The van der Waals surface area contributed by atoms with Crippen LogP contribution in [0.4, 0.5) is 0 Å².